The molecule has 0 saturated carbocycles. The van der Waals surface area contributed by atoms with Crippen LogP contribution >= 0.6 is 0 Å². The predicted molar refractivity (Wildman–Crippen MR) is 113 cm³/mol. The van der Waals surface area contributed by atoms with Gasteiger partial charge in [0, 0.05) is 24.0 Å². The third-order valence-electron chi connectivity index (χ3n) is 6.38. The standard InChI is InChI=1S/C25H35NO/c1-19(2)24-18-25(15-17-27-24,23-12-10-20(3)11-13-23)14-16-26-21(4)22-8-6-5-7-9-22/h5-13,19,21,24,26H,14-18H2,1-4H3/p+1/t21-,24-,25-/m0/s1. The summed E-state index contributed by atoms with van der Waals surface area (Å²) in [6.07, 6.45) is 3.85. The van der Waals surface area contributed by atoms with E-state index in [1.165, 1.54) is 23.1 Å². The third-order valence-corrected chi connectivity index (χ3v) is 6.38. The molecule has 1 aliphatic heterocycles. The van der Waals surface area contributed by atoms with Crippen LogP contribution in [-0.2, 0) is 10.2 Å². The van der Waals surface area contributed by atoms with E-state index in [1.54, 1.807) is 0 Å². The Morgan fingerprint density at radius 1 is 1.04 bits per heavy atom. The van der Waals surface area contributed by atoms with Crippen molar-refractivity contribution in [3.63, 3.8) is 0 Å². The summed E-state index contributed by atoms with van der Waals surface area (Å²) in [6.45, 7) is 11.1. The summed E-state index contributed by atoms with van der Waals surface area (Å²) in [7, 11) is 0. The predicted octanol–water partition coefficient (Wildman–Crippen LogP) is 4.78. The van der Waals surface area contributed by atoms with Crippen molar-refractivity contribution < 1.29 is 10.1 Å². The lowest BCUT2D eigenvalue weighted by Crippen LogP contribution is -2.85. The lowest BCUT2D eigenvalue weighted by Gasteiger charge is -2.42. The van der Waals surface area contributed by atoms with E-state index in [0.717, 1.165) is 26.0 Å². The molecule has 146 valence electrons. The molecular weight excluding hydrogens is 330 g/mol. The summed E-state index contributed by atoms with van der Waals surface area (Å²) in [6, 6.07) is 20.6. The topological polar surface area (TPSA) is 25.8 Å². The average Bonchev–Trinajstić information content (AvgIpc) is 2.69. The van der Waals surface area contributed by atoms with Crippen molar-refractivity contribution in [2.75, 3.05) is 13.2 Å². The van der Waals surface area contributed by atoms with Crippen molar-refractivity contribution in [3.05, 3.63) is 71.3 Å². The van der Waals surface area contributed by atoms with Gasteiger partial charge in [-0.3, -0.25) is 0 Å². The van der Waals surface area contributed by atoms with Gasteiger partial charge < -0.3 is 10.1 Å². The molecule has 0 aromatic heterocycles. The molecule has 1 fully saturated rings. The molecule has 3 atom stereocenters. The zero-order valence-electron chi connectivity index (χ0n) is 17.4. The Bertz CT molecular complexity index is 694. The molecule has 0 spiro atoms. The normalized spacial score (nSPS) is 24.1. The molecule has 2 aromatic carbocycles. The van der Waals surface area contributed by atoms with Gasteiger partial charge in [0.2, 0.25) is 0 Å². The smallest absolute Gasteiger partial charge is 0.109 e. The third kappa shape index (κ3) is 5.00. The molecule has 2 N–H and O–H groups in total. The minimum atomic E-state index is 0.244. The monoisotopic (exact) mass is 366 g/mol. The summed E-state index contributed by atoms with van der Waals surface area (Å²) in [4.78, 5) is 0. The first-order chi connectivity index (χ1) is 13.0. The van der Waals surface area contributed by atoms with Crippen LogP contribution in [-0.4, -0.2) is 19.3 Å². The molecule has 27 heavy (non-hydrogen) atoms. The first-order valence-corrected chi connectivity index (χ1v) is 10.6. The van der Waals surface area contributed by atoms with Crippen molar-refractivity contribution in [2.24, 2.45) is 5.92 Å². The fraction of sp³-hybridized carbons (Fsp3) is 0.520. The van der Waals surface area contributed by atoms with E-state index in [1.807, 2.05) is 0 Å². The van der Waals surface area contributed by atoms with Crippen LogP contribution < -0.4 is 5.32 Å². The zero-order valence-corrected chi connectivity index (χ0v) is 17.4. The van der Waals surface area contributed by atoms with Gasteiger partial charge in [0.05, 0.1) is 12.6 Å². The van der Waals surface area contributed by atoms with Gasteiger partial charge in [0.1, 0.15) is 6.04 Å². The molecule has 0 bridgehead atoms. The van der Waals surface area contributed by atoms with Gasteiger partial charge in [0.15, 0.2) is 0 Å². The molecule has 0 radical (unpaired) electrons. The molecule has 1 aliphatic rings. The fourth-order valence-corrected chi connectivity index (χ4v) is 4.42. The second-order valence-electron chi connectivity index (χ2n) is 8.73. The van der Waals surface area contributed by atoms with Crippen LogP contribution in [0.25, 0.3) is 0 Å². The molecule has 2 nitrogen and oxygen atoms in total. The Labute approximate surface area is 165 Å². The lowest BCUT2D eigenvalue weighted by atomic mass is 9.68. The van der Waals surface area contributed by atoms with E-state index in [2.05, 4.69) is 87.6 Å². The first-order valence-electron chi connectivity index (χ1n) is 10.6. The molecule has 0 aliphatic carbocycles. The molecule has 3 rings (SSSR count). The summed E-state index contributed by atoms with van der Waals surface area (Å²) < 4.78 is 6.13. The van der Waals surface area contributed by atoms with E-state index < -0.39 is 0 Å². The van der Waals surface area contributed by atoms with Crippen LogP contribution in [0, 0.1) is 12.8 Å². The number of ether oxygens (including phenoxy) is 1. The van der Waals surface area contributed by atoms with Crippen LogP contribution in [0.3, 0.4) is 0 Å². The van der Waals surface area contributed by atoms with Crippen molar-refractivity contribution >= 4 is 0 Å². The van der Waals surface area contributed by atoms with Gasteiger partial charge in [-0.05, 0) is 38.2 Å². The minimum absolute atomic E-state index is 0.244. The van der Waals surface area contributed by atoms with Crippen LogP contribution in [0.2, 0.25) is 0 Å². The molecule has 0 amide bonds. The van der Waals surface area contributed by atoms with Crippen LogP contribution in [0.15, 0.2) is 54.6 Å². The highest BCUT2D eigenvalue weighted by Gasteiger charge is 2.39. The highest BCUT2D eigenvalue weighted by molar-refractivity contribution is 5.29. The Morgan fingerprint density at radius 3 is 2.41 bits per heavy atom. The fourth-order valence-electron chi connectivity index (χ4n) is 4.42. The lowest BCUT2D eigenvalue weighted by molar-refractivity contribution is -0.693. The average molecular weight is 367 g/mol. The van der Waals surface area contributed by atoms with Gasteiger partial charge in [-0.25, -0.2) is 0 Å². The van der Waals surface area contributed by atoms with Gasteiger partial charge in [-0.15, -0.1) is 0 Å². The Hall–Kier alpha value is -1.64. The van der Waals surface area contributed by atoms with E-state index in [4.69, 9.17) is 4.74 Å². The van der Waals surface area contributed by atoms with Crippen LogP contribution in [0.4, 0.5) is 0 Å². The van der Waals surface area contributed by atoms with Crippen molar-refractivity contribution in [3.8, 4) is 0 Å². The van der Waals surface area contributed by atoms with Crippen LogP contribution in [0.5, 0.6) is 0 Å². The van der Waals surface area contributed by atoms with Gasteiger partial charge in [0.25, 0.3) is 0 Å². The summed E-state index contributed by atoms with van der Waals surface area (Å²) in [5.41, 5.74) is 4.50. The van der Waals surface area contributed by atoms with Crippen LogP contribution in [0.1, 0.15) is 62.8 Å². The molecular formula is C25H36NO+. The number of quaternary nitrogens is 1. The molecule has 1 saturated heterocycles. The number of benzene rings is 2. The maximum absolute atomic E-state index is 6.13. The maximum atomic E-state index is 6.13. The quantitative estimate of drug-likeness (QED) is 0.749. The largest absolute Gasteiger partial charge is 0.378 e. The Morgan fingerprint density at radius 2 is 1.74 bits per heavy atom. The van der Waals surface area contributed by atoms with E-state index in [9.17, 15) is 0 Å². The maximum Gasteiger partial charge on any atom is 0.109 e. The van der Waals surface area contributed by atoms with E-state index in [0.29, 0.717) is 18.1 Å². The summed E-state index contributed by atoms with van der Waals surface area (Å²) in [5.74, 6) is 0.572. The Balaban J connectivity index is 1.73. The van der Waals surface area contributed by atoms with Gasteiger partial charge >= 0.3 is 0 Å². The minimum Gasteiger partial charge on any atom is -0.378 e. The molecule has 1 heterocycles. The molecule has 2 aromatic rings. The number of rotatable bonds is 7. The number of hydrogen-bond donors (Lipinski definition) is 1. The second kappa shape index (κ2) is 9.03. The SMILES string of the molecule is Cc1ccc([C@@]2(CC[NH2+][C@@H](C)c3ccccc3)CCO[C@H](C(C)C)C2)cc1. The molecule has 0 unspecified atom stereocenters. The van der Waals surface area contributed by atoms with Crippen molar-refractivity contribution in [2.45, 2.75) is 64.5 Å². The number of hydrogen-bond acceptors (Lipinski definition) is 1. The number of aryl methyl sites for hydroxylation is 1. The van der Waals surface area contributed by atoms with E-state index in [-0.39, 0.29) is 5.41 Å². The van der Waals surface area contributed by atoms with Gasteiger partial charge in [-0.2, -0.15) is 0 Å². The Kier molecular flexibility index (Phi) is 6.73. The van der Waals surface area contributed by atoms with E-state index >= 15 is 0 Å². The van der Waals surface area contributed by atoms with Crippen molar-refractivity contribution in [1.29, 1.82) is 0 Å². The number of nitrogens with two attached hydrogens (primary N) is 1. The summed E-state index contributed by atoms with van der Waals surface area (Å²) in [5, 5.41) is 2.51. The highest BCUT2D eigenvalue weighted by atomic mass is 16.5. The van der Waals surface area contributed by atoms with Crippen molar-refractivity contribution in [1.82, 2.24) is 0 Å². The van der Waals surface area contributed by atoms with Gasteiger partial charge in [-0.1, -0.05) is 74.0 Å². The second-order valence-corrected chi connectivity index (χ2v) is 8.73. The highest BCUT2D eigenvalue weighted by Crippen LogP contribution is 2.41. The first kappa shape index (κ1) is 20.1. The molecule has 2 heteroatoms. The summed E-state index contributed by atoms with van der Waals surface area (Å²) >= 11 is 0. The zero-order chi connectivity index (χ0) is 19.3.